The number of hydrogen-bond acceptors (Lipinski definition) is 5. The van der Waals surface area contributed by atoms with E-state index in [1.165, 1.54) is 12.8 Å². The molecule has 3 rings (SSSR count). The molecule has 6 heteroatoms. The summed E-state index contributed by atoms with van der Waals surface area (Å²) in [5.74, 6) is 12.7. The number of nitrogens with two attached hydrogens (primary N) is 1. The highest BCUT2D eigenvalue weighted by molar-refractivity contribution is 6.38. The maximum absolute atomic E-state index is 11.5. The minimum atomic E-state index is -0.102. The topological polar surface area (TPSA) is 80.3 Å². The zero-order valence-electron chi connectivity index (χ0n) is 15.9. The average Bonchev–Trinajstić information content (AvgIpc) is 3.50. The van der Waals surface area contributed by atoms with Crippen LogP contribution in [-0.2, 0) is 9.53 Å². The van der Waals surface area contributed by atoms with Crippen molar-refractivity contribution in [2.75, 3.05) is 26.2 Å². The van der Waals surface area contributed by atoms with Gasteiger partial charge in [0.25, 0.3) is 0 Å². The fourth-order valence-electron chi connectivity index (χ4n) is 2.93. The average molecular weight is 366 g/mol. The van der Waals surface area contributed by atoms with Crippen LogP contribution in [0.2, 0.25) is 0 Å². The van der Waals surface area contributed by atoms with Gasteiger partial charge in [-0.25, -0.2) is 0 Å². The monoisotopic (exact) mass is 366 g/mol. The van der Waals surface area contributed by atoms with E-state index in [1.807, 2.05) is 25.1 Å². The maximum atomic E-state index is 11.5. The predicted molar refractivity (Wildman–Crippen MR) is 107 cm³/mol. The Labute approximate surface area is 160 Å². The van der Waals surface area contributed by atoms with Crippen LogP contribution in [0.3, 0.4) is 0 Å². The van der Waals surface area contributed by atoms with E-state index in [0.29, 0.717) is 37.9 Å². The number of morpholine rings is 1. The number of hydrazone groups is 1. The summed E-state index contributed by atoms with van der Waals surface area (Å²) in [7, 11) is 0. The van der Waals surface area contributed by atoms with E-state index < -0.39 is 0 Å². The fraction of sp³-hybridized carbons (Fsp3) is 0.476. The Kier molecular flexibility index (Phi) is 6.25. The van der Waals surface area contributed by atoms with E-state index in [0.717, 1.165) is 16.7 Å². The second kappa shape index (κ2) is 8.83. The molecular weight excluding hydrogens is 340 g/mol. The van der Waals surface area contributed by atoms with Crippen molar-refractivity contribution in [2.24, 2.45) is 21.9 Å². The number of carbonyl (C=O) groups excluding carboxylic acids is 1. The van der Waals surface area contributed by atoms with Crippen LogP contribution in [0.25, 0.3) is 0 Å². The van der Waals surface area contributed by atoms with E-state index in [9.17, 15) is 4.79 Å². The van der Waals surface area contributed by atoms with E-state index in [1.54, 1.807) is 18.0 Å². The number of carbonyl (C=O) groups is 1. The Balaban J connectivity index is 1.66. The van der Waals surface area contributed by atoms with Gasteiger partial charge in [0.1, 0.15) is 5.71 Å². The molecule has 6 nitrogen and oxygen atoms in total. The predicted octanol–water partition coefficient (Wildman–Crippen LogP) is 1.74. The fourth-order valence-corrected chi connectivity index (χ4v) is 2.93. The van der Waals surface area contributed by atoms with Crippen molar-refractivity contribution in [3.05, 3.63) is 34.9 Å². The number of ether oxygens (including phenoxy) is 1. The van der Waals surface area contributed by atoms with Gasteiger partial charge in [0, 0.05) is 43.3 Å². The van der Waals surface area contributed by atoms with Crippen molar-refractivity contribution in [3.63, 3.8) is 0 Å². The van der Waals surface area contributed by atoms with Crippen LogP contribution in [0.4, 0.5) is 0 Å². The molecule has 1 amide bonds. The lowest BCUT2D eigenvalue weighted by Gasteiger charge is -2.31. The molecule has 1 aliphatic heterocycles. The molecule has 1 atom stereocenters. The molecule has 1 aliphatic carbocycles. The van der Waals surface area contributed by atoms with E-state index >= 15 is 0 Å². The van der Waals surface area contributed by atoms with Crippen molar-refractivity contribution < 1.29 is 9.53 Å². The molecule has 0 spiro atoms. The summed E-state index contributed by atoms with van der Waals surface area (Å²) in [5.41, 5.74) is 3.57. The maximum Gasteiger partial charge on any atom is 0.219 e. The van der Waals surface area contributed by atoms with E-state index in [4.69, 9.17) is 10.6 Å². The van der Waals surface area contributed by atoms with Gasteiger partial charge in [0.15, 0.2) is 0 Å². The summed E-state index contributed by atoms with van der Waals surface area (Å²) < 4.78 is 5.69. The highest BCUT2D eigenvalue weighted by Gasteiger charge is 2.21. The highest BCUT2D eigenvalue weighted by atomic mass is 16.5. The van der Waals surface area contributed by atoms with Crippen LogP contribution < -0.4 is 5.84 Å². The Bertz CT molecular complexity index is 815. The molecule has 1 aromatic rings. The second-order valence-electron chi connectivity index (χ2n) is 7.04. The van der Waals surface area contributed by atoms with Gasteiger partial charge in [0.05, 0.1) is 19.3 Å². The first kappa shape index (κ1) is 19.1. The standard InChI is InChI=1S/C21H26N4O2/c1-15-3-4-18(8-7-17-5-6-17)11-20(15)21(24-22)13-23-12-19-14-25(16(2)26)9-10-27-19/h3-4,11,13,17,19H,5-6,9-10,12,14,22H2,1-2H3/b23-13?,24-21+. The van der Waals surface area contributed by atoms with Crippen molar-refractivity contribution in [3.8, 4) is 11.8 Å². The Morgan fingerprint density at radius 3 is 2.96 bits per heavy atom. The van der Waals surface area contributed by atoms with Crippen molar-refractivity contribution in [1.82, 2.24) is 4.90 Å². The smallest absolute Gasteiger partial charge is 0.219 e. The van der Waals surface area contributed by atoms with Crippen LogP contribution in [0.1, 0.15) is 36.5 Å². The summed E-state index contributed by atoms with van der Waals surface area (Å²) >= 11 is 0. The third-order valence-electron chi connectivity index (χ3n) is 4.76. The Hall–Kier alpha value is -2.65. The molecule has 2 N–H and O–H groups in total. The molecule has 1 saturated heterocycles. The van der Waals surface area contributed by atoms with Crippen LogP contribution >= 0.6 is 0 Å². The van der Waals surface area contributed by atoms with E-state index in [2.05, 4.69) is 21.9 Å². The summed E-state index contributed by atoms with van der Waals surface area (Å²) in [4.78, 5) is 17.8. The largest absolute Gasteiger partial charge is 0.373 e. The lowest BCUT2D eigenvalue weighted by atomic mass is 10.0. The van der Waals surface area contributed by atoms with Crippen LogP contribution in [0.5, 0.6) is 0 Å². The molecule has 0 radical (unpaired) electrons. The summed E-state index contributed by atoms with van der Waals surface area (Å²) in [6.45, 7) is 5.79. The lowest BCUT2D eigenvalue weighted by molar-refractivity contribution is -0.135. The molecule has 1 saturated carbocycles. The Morgan fingerprint density at radius 2 is 2.26 bits per heavy atom. The van der Waals surface area contributed by atoms with Gasteiger partial charge in [-0.15, -0.1) is 0 Å². The Morgan fingerprint density at radius 1 is 1.44 bits per heavy atom. The van der Waals surface area contributed by atoms with Gasteiger partial charge in [-0.05, 0) is 37.5 Å². The molecular formula is C21H26N4O2. The molecule has 1 unspecified atom stereocenters. The number of nitrogens with zero attached hydrogens (tertiary/aromatic N) is 3. The quantitative estimate of drug-likeness (QED) is 0.381. The second-order valence-corrected chi connectivity index (χ2v) is 7.04. The van der Waals surface area contributed by atoms with E-state index in [-0.39, 0.29) is 12.0 Å². The number of aryl methyl sites for hydroxylation is 1. The van der Waals surface area contributed by atoms with Crippen molar-refractivity contribution in [1.29, 1.82) is 0 Å². The molecule has 0 aromatic heterocycles. The molecule has 1 aromatic carbocycles. The lowest BCUT2D eigenvalue weighted by Crippen LogP contribution is -2.45. The summed E-state index contributed by atoms with van der Waals surface area (Å²) in [6.07, 6.45) is 3.99. The van der Waals surface area contributed by atoms with Crippen molar-refractivity contribution >= 4 is 17.8 Å². The number of benzene rings is 1. The normalized spacial score (nSPS) is 20.4. The first-order chi connectivity index (χ1) is 13.1. The van der Waals surface area contributed by atoms with Gasteiger partial charge in [-0.3, -0.25) is 9.79 Å². The number of hydrogen-bond donors (Lipinski definition) is 1. The first-order valence-corrected chi connectivity index (χ1v) is 9.34. The molecule has 2 aliphatic rings. The number of rotatable bonds is 4. The zero-order valence-corrected chi connectivity index (χ0v) is 15.9. The van der Waals surface area contributed by atoms with Crippen LogP contribution in [0.15, 0.2) is 28.3 Å². The molecule has 2 fully saturated rings. The zero-order chi connectivity index (χ0) is 19.2. The van der Waals surface area contributed by atoms with Gasteiger partial charge in [0.2, 0.25) is 5.91 Å². The number of amides is 1. The minimum Gasteiger partial charge on any atom is -0.373 e. The van der Waals surface area contributed by atoms with Crippen molar-refractivity contribution in [2.45, 2.75) is 32.8 Å². The molecule has 142 valence electrons. The van der Waals surface area contributed by atoms with Crippen LogP contribution in [0, 0.1) is 24.7 Å². The van der Waals surface area contributed by atoms with Crippen LogP contribution in [-0.4, -0.2) is 55.1 Å². The van der Waals surface area contributed by atoms with Gasteiger partial charge < -0.3 is 15.5 Å². The van der Waals surface area contributed by atoms with Gasteiger partial charge >= 0.3 is 0 Å². The highest BCUT2D eigenvalue weighted by Crippen LogP contribution is 2.27. The minimum absolute atomic E-state index is 0.0660. The molecule has 0 bridgehead atoms. The molecule has 1 heterocycles. The summed E-state index contributed by atoms with van der Waals surface area (Å²) in [6, 6.07) is 6.06. The first-order valence-electron chi connectivity index (χ1n) is 9.34. The molecule has 27 heavy (non-hydrogen) atoms. The summed E-state index contributed by atoms with van der Waals surface area (Å²) in [5, 5.41) is 3.91. The van der Waals surface area contributed by atoms with Gasteiger partial charge in [-0.2, -0.15) is 5.10 Å². The number of aliphatic imine (C=N–C) groups is 1. The SMILES string of the molecule is CC(=O)N1CCOC(CN=C/C(=N\N)c2cc(C#CC3CC3)ccc2C)C1. The third-order valence-corrected chi connectivity index (χ3v) is 4.76. The van der Waals surface area contributed by atoms with Gasteiger partial charge in [-0.1, -0.05) is 17.9 Å². The third kappa shape index (κ3) is 5.41.